The second-order valence-electron chi connectivity index (χ2n) is 8.02. The zero-order chi connectivity index (χ0) is 17.8. The van der Waals surface area contributed by atoms with Crippen molar-refractivity contribution < 1.29 is 9.90 Å². The second kappa shape index (κ2) is 6.84. The maximum atomic E-state index is 12.3. The lowest BCUT2D eigenvalue weighted by Gasteiger charge is -2.43. The number of amides is 1. The molecule has 2 heterocycles. The topological polar surface area (TPSA) is 43.8 Å². The van der Waals surface area contributed by atoms with E-state index in [1.165, 1.54) is 6.42 Å². The van der Waals surface area contributed by atoms with Crippen LogP contribution in [0.4, 0.5) is 10.5 Å². The van der Waals surface area contributed by atoms with E-state index in [2.05, 4.69) is 11.9 Å². The SMILES string of the molecule is CN1C2CC(N(C(=O)O)c3ccccc3-c3ccccc3)CC1C1CC12.Cl. The van der Waals surface area contributed by atoms with Crippen molar-refractivity contribution in [3.8, 4) is 11.1 Å². The summed E-state index contributed by atoms with van der Waals surface area (Å²) in [7, 11) is 2.22. The van der Waals surface area contributed by atoms with Gasteiger partial charge in [0.15, 0.2) is 0 Å². The van der Waals surface area contributed by atoms with E-state index in [0.717, 1.165) is 41.5 Å². The molecule has 2 bridgehead atoms. The Bertz CT molecular complexity index is 825. The third kappa shape index (κ3) is 2.91. The summed E-state index contributed by atoms with van der Waals surface area (Å²) in [6, 6.07) is 19.2. The molecule has 4 unspecified atom stereocenters. The Morgan fingerprint density at radius 1 is 0.963 bits per heavy atom. The Labute approximate surface area is 166 Å². The fourth-order valence-corrected chi connectivity index (χ4v) is 5.52. The van der Waals surface area contributed by atoms with Crippen molar-refractivity contribution in [3.63, 3.8) is 0 Å². The molecular formula is C22H25ClN2O2. The summed E-state index contributed by atoms with van der Waals surface area (Å²) < 4.78 is 0. The highest BCUT2D eigenvalue weighted by Gasteiger charge is 2.60. The van der Waals surface area contributed by atoms with Gasteiger partial charge < -0.3 is 5.11 Å². The van der Waals surface area contributed by atoms with Crippen LogP contribution in [0, 0.1) is 11.8 Å². The molecule has 1 saturated carbocycles. The number of piperidine rings is 2. The van der Waals surface area contributed by atoms with Gasteiger partial charge >= 0.3 is 6.09 Å². The van der Waals surface area contributed by atoms with Gasteiger partial charge in [-0.05, 0) is 49.8 Å². The van der Waals surface area contributed by atoms with Gasteiger partial charge in [0.25, 0.3) is 0 Å². The average molecular weight is 385 g/mol. The number of hydrogen-bond acceptors (Lipinski definition) is 2. The summed E-state index contributed by atoms with van der Waals surface area (Å²) >= 11 is 0. The summed E-state index contributed by atoms with van der Waals surface area (Å²) in [5, 5.41) is 10.1. The van der Waals surface area contributed by atoms with E-state index in [1.807, 2.05) is 54.6 Å². The van der Waals surface area contributed by atoms with Gasteiger partial charge in [0.1, 0.15) is 0 Å². The van der Waals surface area contributed by atoms with Gasteiger partial charge in [-0.2, -0.15) is 0 Å². The molecule has 1 N–H and O–H groups in total. The Balaban J connectivity index is 0.00000180. The molecule has 4 atom stereocenters. The Kier molecular flexibility index (Phi) is 4.65. The molecular weight excluding hydrogens is 360 g/mol. The van der Waals surface area contributed by atoms with E-state index in [-0.39, 0.29) is 18.4 Å². The molecule has 2 aromatic carbocycles. The maximum Gasteiger partial charge on any atom is 0.412 e. The molecule has 5 rings (SSSR count). The van der Waals surface area contributed by atoms with E-state index < -0.39 is 6.09 Å². The molecule has 1 amide bonds. The number of halogens is 1. The van der Waals surface area contributed by atoms with Gasteiger partial charge in [-0.15, -0.1) is 12.4 Å². The zero-order valence-corrected chi connectivity index (χ0v) is 16.2. The van der Waals surface area contributed by atoms with Gasteiger partial charge in [0, 0.05) is 23.7 Å². The van der Waals surface area contributed by atoms with Crippen LogP contribution in [0.2, 0.25) is 0 Å². The summed E-state index contributed by atoms with van der Waals surface area (Å²) in [4.78, 5) is 16.5. The molecule has 3 fully saturated rings. The Morgan fingerprint density at radius 2 is 1.56 bits per heavy atom. The number of carboxylic acid groups (broad SMARTS) is 1. The van der Waals surface area contributed by atoms with Crippen LogP contribution in [0.1, 0.15) is 19.3 Å². The highest BCUT2D eigenvalue weighted by Crippen LogP contribution is 2.58. The highest BCUT2D eigenvalue weighted by molar-refractivity contribution is 5.93. The summed E-state index contributed by atoms with van der Waals surface area (Å²) in [5.74, 6) is 1.60. The van der Waals surface area contributed by atoms with Crippen molar-refractivity contribution in [2.24, 2.45) is 11.8 Å². The van der Waals surface area contributed by atoms with Gasteiger partial charge in [-0.3, -0.25) is 9.80 Å². The van der Waals surface area contributed by atoms with Gasteiger partial charge in [-0.25, -0.2) is 4.79 Å². The molecule has 2 aromatic rings. The van der Waals surface area contributed by atoms with E-state index in [4.69, 9.17) is 0 Å². The third-order valence-corrected chi connectivity index (χ3v) is 6.77. The number of rotatable bonds is 3. The minimum Gasteiger partial charge on any atom is -0.465 e. The van der Waals surface area contributed by atoms with Crippen LogP contribution in [0.25, 0.3) is 11.1 Å². The van der Waals surface area contributed by atoms with Gasteiger partial charge in [-0.1, -0.05) is 48.5 Å². The number of benzene rings is 2. The number of anilines is 1. The van der Waals surface area contributed by atoms with Crippen molar-refractivity contribution in [2.45, 2.75) is 37.4 Å². The number of carbonyl (C=O) groups is 1. The number of hydrogen-bond donors (Lipinski definition) is 1. The second-order valence-corrected chi connectivity index (χ2v) is 8.02. The average Bonchev–Trinajstić information content (AvgIpc) is 3.41. The Hall–Kier alpha value is -2.04. The van der Waals surface area contributed by atoms with Crippen molar-refractivity contribution in [1.82, 2.24) is 4.90 Å². The van der Waals surface area contributed by atoms with Crippen LogP contribution >= 0.6 is 12.4 Å². The van der Waals surface area contributed by atoms with E-state index in [1.54, 1.807) is 4.90 Å². The van der Waals surface area contributed by atoms with E-state index >= 15 is 0 Å². The lowest BCUT2D eigenvalue weighted by Crippen LogP contribution is -2.52. The largest absolute Gasteiger partial charge is 0.465 e. The standard InChI is InChI=1S/C22H24N2O2.ClH/c1-23-20-11-15(12-21(23)18-13-17(18)20)24(22(25)26)19-10-6-5-9-16(19)14-7-3-2-4-8-14;/h2-10,15,17-18,20-21H,11-13H2,1H3,(H,25,26);1H. The summed E-state index contributed by atoms with van der Waals surface area (Å²) in [5.41, 5.74) is 2.87. The molecule has 1 aliphatic carbocycles. The molecule has 0 aromatic heterocycles. The van der Waals surface area contributed by atoms with Crippen LogP contribution in [0.3, 0.4) is 0 Å². The molecule has 142 valence electrons. The minimum absolute atomic E-state index is 0. The number of para-hydroxylation sites is 1. The quantitative estimate of drug-likeness (QED) is 0.831. The first-order valence-corrected chi connectivity index (χ1v) is 9.53. The first-order chi connectivity index (χ1) is 12.6. The predicted molar refractivity (Wildman–Crippen MR) is 110 cm³/mol. The number of fused-ring (bicyclic) bond motifs is 5. The van der Waals surface area contributed by atoms with Crippen molar-refractivity contribution in [1.29, 1.82) is 0 Å². The predicted octanol–water partition coefficient (Wildman–Crippen LogP) is 4.74. The third-order valence-electron chi connectivity index (χ3n) is 6.77. The molecule has 3 aliphatic rings. The number of nitrogens with zero attached hydrogens (tertiary/aromatic N) is 2. The zero-order valence-electron chi connectivity index (χ0n) is 15.4. The maximum absolute atomic E-state index is 12.3. The molecule has 0 spiro atoms. The normalized spacial score (nSPS) is 30.9. The van der Waals surface area contributed by atoms with Gasteiger partial charge in [0.2, 0.25) is 0 Å². The van der Waals surface area contributed by atoms with Crippen LogP contribution in [0.15, 0.2) is 54.6 Å². The monoisotopic (exact) mass is 384 g/mol. The van der Waals surface area contributed by atoms with Crippen molar-refractivity contribution in [2.75, 3.05) is 11.9 Å². The molecule has 4 nitrogen and oxygen atoms in total. The first kappa shape index (κ1) is 18.3. The lowest BCUT2D eigenvalue weighted by molar-refractivity contribution is 0.122. The van der Waals surface area contributed by atoms with Crippen LogP contribution < -0.4 is 4.90 Å². The van der Waals surface area contributed by atoms with E-state index in [9.17, 15) is 9.90 Å². The fourth-order valence-electron chi connectivity index (χ4n) is 5.52. The molecule has 2 aliphatic heterocycles. The van der Waals surface area contributed by atoms with Gasteiger partial charge in [0.05, 0.1) is 5.69 Å². The van der Waals surface area contributed by atoms with Crippen molar-refractivity contribution in [3.05, 3.63) is 54.6 Å². The fraction of sp³-hybridized carbons (Fsp3) is 0.409. The molecule has 5 heteroatoms. The van der Waals surface area contributed by atoms with Crippen LogP contribution in [0.5, 0.6) is 0 Å². The summed E-state index contributed by atoms with van der Waals surface area (Å²) in [6.45, 7) is 0. The lowest BCUT2D eigenvalue weighted by atomic mass is 9.91. The highest BCUT2D eigenvalue weighted by atomic mass is 35.5. The molecule has 0 radical (unpaired) electrons. The van der Waals surface area contributed by atoms with Crippen molar-refractivity contribution >= 4 is 24.2 Å². The summed E-state index contributed by atoms with van der Waals surface area (Å²) in [6.07, 6.45) is 2.41. The smallest absolute Gasteiger partial charge is 0.412 e. The van der Waals surface area contributed by atoms with Crippen LogP contribution in [-0.4, -0.2) is 41.3 Å². The Morgan fingerprint density at radius 3 is 2.19 bits per heavy atom. The first-order valence-electron chi connectivity index (χ1n) is 9.53. The molecule has 2 saturated heterocycles. The molecule has 27 heavy (non-hydrogen) atoms. The van der Waals surface area contributed by atoms with Crippen LogP contribution in [-0.2, 0) is 0 Å². The minimum atomic E-state index is -0.837. The van der Waals surface area contributed by atoms with E-state index in [0.29, 0.717) is 12.1 Å².